The molecule has 0 unspecified atom stereocenters. The molecule has 0 fully saturated rings. The summed E-state index contributed by atoms with van der Waals surface area (Å²) in [4.78, 5) is 0. The molecule has 0 atom stereocenters. The maximum atomic E-state index is 12.9. The lowest BCUT2D eigenvalue weighted by molar-refractivity contribution is 0.628. The van der Waals surface area contributed by atoms with Gasteiger partial charge in [0.2, 0.25) is 0 Å². The van der Waals surface area contributed by atoms with Crippen molar-refractivity contribution in [2.75, 3.05) is 0 Å². The fourth-order valence-corrected chi connectivity index (χ4v) is 1.99. The molecule has 0 radical (unpaired) electrons. The molecule has 0 bridgehead atoms. The van der Waals surface area contributed by atoms with E-state index >= 15 is 0 Å². The van der Waals surface area contributed by atoms with Gasteiger partial charge in [0.05, 0.1) is 0 Å². The van der Waals surface area contributed by atoms with Crippen LogP contribution < -0.4 is 0 Å². The molecule has 0 saturated heterocycles. The minimum absolute atomic E-state index is 0.188. The van der Waals surface area contributed by atoms with Gasteiger partial charge in [-0.2, -0.15) is 0 Å². The molecule has 88 valence electrons. The van der Waals surface area contributed by atoms with Gasteiger partial charge >= 0.3 is 0 Å². The zero-order chi connectivity index (χ0) is 12.3. The van der Waals surface area contributed by atoms with Crippen LogP contribution in [0.2, 0.25) is 0 Å². The predicted octanol–water partition coefficient (Wildman–Crippen LogP) is 4.69. The van der Waals surface area contributed by atoms with E-state index in [1.165, 1.54) is 17.7 Å². The van der Waals surface area contributed by atoms with Crippen molar-refractivity contribution in [2.45, 2.75) is 20.3 Å². The van der Waals surface area contributed by atoms with Gasteiger partial charge in [-0.3, -0.25) is 0 Å². The van der Waals surface area contributed by atoms with Gasteiger partial charge in [-0.15, -0.1) is 0 Å². The maximum absolute atomic E-state index is 12.9. The van der Waals surface area contributed by atoms with Gasteiger partial charge in [-0.05, 0) is 41.2 Å². The fourth-order valence-electron chi connectivity index (χ4n) is 1.99. The van der Waals surface area contributed by atoms with E-state index in [0.29, 0.717) is 5.92 Å². The zero-order valence-corrected chi connectivity index (χ0v) is 10.3. The summed E-state index contributed by atoms with van der Waals surface area (Å²) in [6.45, 7) is 4.43. The summed E-state index contributed by atoms with van der Waals surface area (Å²) in [6.07, 6.45) is 1.08. The Kier molecular flexibility index (Phi) is 3.58. The van der Waals surface area contributed by atoms with Gasteiger partial charge in [0.15, 0.2) is 0 Å². The summed E-state index contributed by atoms with van der Waals surface area (Å²) in [5, 5.41) is 0. The molecule has 0 spiro atoms. The molecule has 0 nitrogen and oxygen atoms in total. The number of rotatable bonds is 3. The van der Waals surface area contributed by atoms with E-state index in [1.54, 1.807) is 0 Å². The van der Waals surface area contributed by atoms with Crippen molar-refractivity contribution in [3.63, 3.8) is 0 Å². The molecule has 0 amide bonds. The summed E-state index contributed by atoms with van der Waals surface area (Å²) in [6, 6.07) is 15.1. The number of halogens is 1. The van der Waals surface area contributed by atoms with Crippen LogP contribution in [0.4, 0.5) is 4.39 Å². The van der Waals surface area contributed by atoms with Gasteiger partial charge in [-0.1, -0.05) is 50.2 Å². The summed E-state index contributed by atoms with van der Waals surface area (Å²) in [5.41, 5.74) is 3.56. The third-order valence-corrected chi connectivity index (χ3v) is 2.75. The van der Waals surface area contributed by atoms with Crippen molar-refractivity contribution in [1.82, 2.24) is 0 Å². The molecule has 17 heavy (non-hydrogen) atoms. The summed E-state index contributed by atoms with van der Waals surface area (Å²) >= 11 is 0. The van der Waals surface area contributed by atoms with Crippen LogP contribution in [0, 0.1) is 11.7 Å². The largest absolute Gasteiger partial charge is 0.207 e. The van der Waals surface area contributed by atoms with Crippen LogP contribution in [-0.2, 0) is 6.42 Å². The van der Waals surface area contributed by atoms with Crippen molar-refractivity contribution in [3.8, 4) is 11.1 Å². The van der Waals surface area contributed by atoms with Crippen LogP contribution in [-0.4, -0.2) is 0 Å². The van der Waals surface area contributed by atoms with Crippen molar-refractivity contribution in [2.24, 2.45) is 5.92 Å². The number of benzene rings is 2. The van der Waals surface area contributed by atoms with Crippen LogP contribution in [0.1, 0.15) is 19.4 Å². The first-order valence-electron chi connectivity index (χ1n) is 6.00. The molecule has 2 rings (SSSR count). The Balaban J connectivity index is 2.29. The van der Waals surface area contributed by atoms with Crippen LogP contribution >= 0.6 is 0 Å². The molecular formula is C16H17F. The number of hydrogen-bond donors (Lipinski definition) is 0. The molecule has 0 N–H and O–H groups in total. The topological polar surface area (TPSA) is 0 Å². The second-order valence-corrected chi connectivity index (χ2v) is 4.81. The lowest BCUT2D eigenvalue weighted by Crippen LogP contribution is -1.93. The van der Waals surface area contributed by atoms with Gasteiger partial charge in [0.1, 0.15) is 5.82 Å². The second kappa shape index (κ2) is 5.13. The van der Waals surface area contributed by atoms with Crippen LogP contribution in [0.25, 0.3) is 11.1 Å². The summed E-state index contributed by atoms with van der Waals surface area (Å²) in [5.74, 6) is 0.463. The van der Waals surface area contributed by atoms with E-state index in [0.717, 1.165) is 17.5 Å². The van der Waals surface area contributed by atoms with Crippen LogP contribution in [0.5, 0.6) is 0 Å². The molecule has 0 saturated carbocycles. The minimum atomic E-state index is -0.188. The Morgan fingerprint density at radius 2 is 1.65 bits per heavy atom. The molecule has 0 aliphatic carbocycles. The normalized spacial score (nSPS) is 10.8. The highest BCUT2D eigenvalue weighted by atomic mass is 19.1. The smallest absolute Gasteiger partial charge is 0.123 e. The highest BCUT2D eigenvalue weighted by Crippen LogP contribution is 2.21. The lowest BCUT2D eigenvalue weighted by atomic mass is 9.98. The van der Waals surface area contributed by atoms with Gasteiger partial charge in [-0.25, -0.2) is 4.39 Å². The first kappa shape index (κ1) is 11.8. The maximum Gasteiger partial charge on any atom is 0.123 e. The minimum Gasteiger partial charge on any atom is -0.207 e. The van der Waals surface area contributed by atoms with Crippen LogP contribution in [0.15, 0.2) is 48.5 Å². The fraction of sp³-hybridized carbons (Fsp3) is 0.250. The Morgan fingerprint density at radius 3 is 2.29 bits per heavy atom. The molecule has 2 aromatic carbocycles. The van der Waals surface area contributed by atoms with E-state index in [1.807, 2.05) is 12.1 Å². The highest BCUT2D eigenvalue weighted by molar-refractivity contribution is 5.64. The standard InChI is InChI=1S/C16H17F/c1-12(2)10-13-4-3-5-15(11-13)14-6-8-16(17)9-7-14/h3-9,11-12H,10H2,1-2H3. The van der Waals surface area contributed by atoms with E-state index in [4.69, 9.17) is 0 Å². The quantitative estimate of drug-likeness (QED) is 0.714. The third kappa shape index (κ3) is 3.16. The van der Waals surface area contributed by atoms with E-state index in [2.05, 4.69) is 38.1 Å². The van der Waals surface area contributed by atoms with Gasteiger partial charge in [0.25, 0.3) is 0 Å². The molecule has 0 heterocycles. The lowest BCUT2D eigenvalue weighted by Gasteiger charge is -2.07. The third-order valence-electron chi connectivity index (χ3n) is 2.75. The molecule has 0 aliphatic heterocycles. The summed E-state index contributed by atoms with van der Waals surface area (Å²) in [7, 11) is 0. The Hall–Kier alpha value is -1.63. The predicted molar refractivity (Wildman–Crippen MR) is 70.4 cm³/mol. The average molecular weight is 228 g/mol. The van der Waals surface area contributed by atoms with Gasteiger partial charge in [0, 0.05) is 0 Å². The van der Waals surface area contributed by atoms with Gasteiger partial charge < -0.3 is 0 Å². The van der Waals surface area contributed by atoms with E-state index < -0.39 is 0 Å². The summed E-state index contributed by atoms with van der Waals surface area (Å²) < 4.78 is 12.9. The molecule has 0 aromatic heterocycles. The van der Waals surface area contributed by atoms with Crippen molar-refractivity contribution in [1.29, 1.82) is 0 Å². The highest BCUT2D eigenvalue weighted by Gasteiger charge is 2.01. The second-order valence-electron chi connectivity index (χ2n) is 4.81. The zero-order valence-electron chi connectivity index (χ0n) is 10.3. The van der Waals surface area contributed by atoms with Crippen LogP contribution in [0.3, 0.4) is 0 Å². The Bertz CT molecular complexity index is 483. The number of hydrogen-bond acceptors (Lipinski definition) is 0. The molecule has 0 aliphatic rings. The van der Waals surface area contributed by atoms with Crippen molar-refractivity contribution in [3.05, 3.63) is 59.9 Å². The molecule has 2 aromatic rings. The van der Waals surface area contributed by atoms with E-state index in [9.17, 15) is 4.39 Å². The Morgan fingerprint density at radius 1 is 0.941 bits per heavy atom. The average Bonchev–Trinajstić information content (AvgIpc) is 2.29. The van der Waals surface area contributed by atoms with Crippen molar-refractivity contribution < 1.29 is 4.39 Å². The SMILES string of the molecule is CC(C)Cc1cccc(-c2ccc(F)cc2)c1. The monoisotopic (exact) mass is 228 g/mol. The first-order chi connectivity index (χ1) is 8.15. The molecule has 1 heteroatoms. The van der Waals surface area contributed by atoms with E-state index in [-0.39, 0.29) is 5.82 Å². The molecular weight excluding hydrogens is 211 g/mol. The first-order valence-corrected chi connectivity index (χ1v) is 6.00. The van der Waals surface area contributed by atoms with Crippen molar-refractivity contribution >= 4 is 0 Å². The Labute approximate surface area is 102 Å².